The van der Waals surface area contributed by atoms with Gasteiger partial charge in [0.1, 0.15) is 17.0 Å². The molecular formula is C17H12ClNO3. The molecule has 22 heavy (non-hydrogen) atoms. The zero-order chi connectivity index (χ0) is 15.7. The van der Waals surface area contributed by atoms with E-state index in [1.807, 2.05) is 12.1 Å². The van der Waals surface area contributed by atoms with Gasteiger partial charge in [0, 0.05) is 10.4 Å². The van der Waals surface area contributed by atoms with Crippen molar-refractivity contribution in [1.29, 1.82) is 0 Å². The molecular weight excluding hydrogens is 302 g/mol. The number of para-hydroxylation sites is 1. The van der Waals surface area contributed by atoms with Gasteiger partial charge in [-0.05, 0) is 37.3 Å². The summed E-state index contributed by atoms with van der Waals surface area (Å²) in [6.07, 6.45) is 0. The van der Waals surface area contributed by atoms with Crippen LogP contribution in [0.2, 0.25) is 5.02 Å². The van der Waals surface area contributed by atoms with E-state index in [9.17, 15) is 9.90 Å². The first-order valence-corrected chi connectivity index (χ1v) is 6.99. The Balaban J connectivity index is 2.14. The molecule has 0 amide bonds. The van der Waals surface area contributed by atoms with Crippen LogP contribution in [0.5, 0.6) is 5.75 Å². The van der Waals surface area contributed by atoms with Crippen molar-refractivity contribution < 1.29 is 9.52 Å². The Hall–Kier alpha value is -2.59. The molecule has 0 atom stereocenters. The van der Waals surface area contributed by atoms with E-state index >= 15 is 0 Å². The lowest BCUT2D eigenvalue weighted by molar-refractivity contribution is 0.477. The van der Waals surface area contributed by atoms with Crippen LogP contribution >= 0.6 is 11.6 Å². The van der Waals surface area contributed by atoms with Crippen molar-refractivity contribution in [3.05, 3.63) is 69.5 Å². The number of aliphatic imine (C=N–C) groups is 1. The number of rotatable bonds is 2. The van der Waals surface area contributed by atoms with Crippen molar-refractivity contribution in [3.63, 3.8) is 0 Å². The monoisotopic (exact) mass is 313 g/mol. The van der Waals surface area contributed by atoms with Crippen LogP contribution in [-0.4, -0.2) is 10.8 Å². The number of hydrogen-bond acceptors (Lipinski definition) is 4. The predicted octanol–water partition coefficient (Wildman–Crippen LogP) is 4.29. The zero-order valence-electron chi connectivity index (χ0n) is 11.7. The van der Waals surface area contributed by atoms with Crippen LogP contribution in [-0.2, 0) is 0 Å². The molecule has 3 rings (SSSR count). The van der Waals surface area contributed by atoms with Crippen LogP contribution in [0.1, 0.15) is 12.5 Å². The summed E-state index contributed by atoms with van der Waals surface area (Å²) in [4.78, 5) is 16.4. The number of fused-ring (bicyclic) bond motifs is 1. The first-order chi connectivity index (χ1) is 10.5. The number of benzene rings is 2. The Labute approximate surface area is 131 Å². The fraction of sp³-hybridized carbons (Fsp3) is 0.0588. The van der Waals surface area contributed by atoms with Crippen LogP contribution in [0, 0.1) is 0 Å². The number of phenols is 1. The molecule has 1 N–H and O–H groups in total. The summed E-state index contributed by atoms with van der Waals surface area (Å²) in [5, 5.41) is 11.1. The summed E-state index contributed by atoms with van der Waals surface area (Å²) in [5.74, 6) is -0.00562. The number of phenolic OH excluding ortho intramolecular Hbond substituents is 1. The van der Waals surface area contributed by atoms with Gasteiger partial charge in [-0.3, -0.25) is 0 Å². The lowest BCUT2D eigenvalue weighted by atomic mass is 10.1. The van der Waals surface area contributed by atoms with Gasteiger partial charge in [-0.15, -0.1) is 0 Å². The minimum absolute atomic E-state index is 0.00562. The second-order valence-corrected chi connectivity index (χ2v) is 5.25. The fourth-order valence-electron chi connectivity index (χ4n) is 2.14. The highest BCUT2D eigenvalue weighted by Gasteiger charge is 2.09. The maximum atomic E-state index is 12.1. The second kappa shape index (κ2) is 5.66. The van der Waals surface area contributed by atoms with Gasteiger partial charge in [-0.2, -0.15) is 0 Å². The van der Waals surface area contributed by atoms with E-state index in [0.29, 0.717) is 27.6 Å². The molecule has 1 heterocycles. The predicted molar refractivity (Wildman–Crippen MR) is 87.5 cm³/mol. The van der Waals surface area contributed by atoms with E-state index in [1.54, 1.807) is 31.2 Å². The topological polar surface area (TPSA) is 62.8 Å². The molecule has 0 radical (unpaired) electrons. The maximum absolute atomic E-state index is 12.1. The average Bonchev–Trinajstić information content (AvgIpc) is 2.50. The molecule has 1 aromatic heterocycles. The van der Waals surface area contributed by atoms with Crippen LogP contribution in [0.3, 0.4) is 0 Å². The van der Waals surface area contributed by atoms with Gasteiger partial charge in [0.15, 0.2) is 0 Å². The molecule has 4 nitrogen and oxygen atoms in total. The van der Waals surface area contributed by atoms with E-state index in [0.717, 1.165) is 5.39 Å². The highest BCUT2D eigenvalue weighted by Crippen LogP contribution is 2.29. The number of aromatic hydroxyl groups is 1. The van der Waals surface area contributed by atoms with Crippen LogP contribution < -0.4 is 5.63 Å². The van der Waals surface area contributed by atoms with Gasteiger partial charge >= 0.3 is 5.63 Å². The first kappa shape index (κ1) is 14.4. The zero-order valence-corrected chi connectivity index (χ0v) is 12.5. The summed E-state index contributed by atoms with van der Waals surface area (Å²) in [6.45, 7) is 1.68. The molecule has 0 fully saturated rings. The second-order valence-electron chi connectivity index (χ2n) is 4.82. The van der Waals surface area contributed by atoms with E-state index in [1.165, 1.54) is 12.1 Å². The van der Waals surface area contributed by atoms with Gasteiger partial charge in [-0.1, -0.05) is 29.8 Å². The molecule has 0 saturated heterocycles. The summed E-state index contributed by atoms with van der Waals surface area (Å²) in [5.41, 5.74) is 1.14. The summed E-state index contributed by atoms with van der Waals surface area (Å²) in [6, 6.07) is 13.5. The third kappa shape index (κ3) is 2.73. The van der Waals surface area contributed by atoms with E-state index in [-0.39, 0.29) is 5.75 Å². The SMILES string of the molecule is CC(=Nc1cc(Cl)ccc1O)c1cc2ccccc2oc1=O. The van der Waals surface area contributed by atoms with Gasteiger partial charge in [0.2, 0.25) is 0 Å². The standard InChI is InChI=1S/C17H12ClNO3/c1-10(19-14-9-12(18)6-7-15(14)20)13-8-11-4-2-3-5-16(11)22-17(13)21/h2-9,20H,1H3. The van der Waals surface area contributed by atoms with Gasteiger partial charge in [0.05, 0.1) is 11.3 Å². The van der Waals surface area contributed by atoms with Crippen molar-refractivity contribution in [2.75, 3.05) is 0 Å². The summed E-state index contributed by atoms with van der Waals surface area (Å²) >= 11 is 5.90. The van der Waals surface area contributed by atoms with Crippen molar-refractivity contribution in [1.82, 2.24) is 0 Å². The fourth-order valence-corrected chi connectivity index (χ4v) is 2.31. The number of hydrogen-bond donors (Lipinski definition) is 1. The maximum Gasteiger partial charge on any atom is 0.345 e. The highest BCUT2D eigenvalue weighted by molar-refractivity contribution is 6.30. The van der Waals surface area contributed by atoms with Crippen LogP contribution in [0.4, 0.5) is 5.69 Å². The molecule has 2 aromatic carbocycles. The molecule has 0 saturated carbocycles. The number of halogens is 1. The molecule has 5 heteroatoms. The molecule has 0 unspecified atom stereocenters. The molecule has 110 valence electrons. The normalized spacial score (nSPS) is 11.8. The molecule has 0 aliphatic rings. The molecule has 0 aliphatic carbocycles. The van der Waals surface area contributed by atoms with Gasteiger partial charge in [0.25, 0.3) is 0 Å². The smallest absolute Gasteiger partial charge is 0.345 e. The third-order valence-corrected chi connectivity index (χ3v) is 3.49. The van der Waals surface area contributed by atoms with Gasteiger partial charge in [-0.25, -0.2) is 9.79 Å². The molecule has 0 spiro atoms. The van der Waals surface area contributed by atoms with Crippen LogP contribution in [0.15, 0.2) is 62.7 Å². The lowest BCUT2D eigenvalue weighted by Gasteiger charge is -2.04. The van der Waals surface area contributed by atoms with E-state index in [4.69, 9.17) is 16.0 Å². The molecule has 3 aromatic rings. The largest absolute Gasteiger partial charge is 0.506 e. The Morgan fingerprint density at radius 1 is 1.18 bits per heavy atom. The van der Waals surface area contributed by atoms with Crippen molar-refractivity contribution in [2.45, 2.75) is 6.92 Å². The Kier molecular flexibility index (Phi) is 3.69. The molecule has 0 bridgehead atoms. The minimum Gasteiger partial charge on any atom is -0.506 e. The quantitative estimate of drug-likeness (QED) is 0.567. The Bertz CT molecular complexity index is 944. The van der Waals surface area contributed by atoms with Crippen molar-refractivity contribution in [2.24, 2.45) is 4.99 Å². The van der Waals surface area contributed by atoms with E-state index < -0.39 is 5.63 Å². The van der Waals surface area contributed by atoms with Crippen molar-refractivity contribution >= 4 is 34.0 Å². The first-order valence-electron chi connectivity index (χ1n) is 6.61. The highest BCUT2D eigenvalue weighted by atomic mass is 35.5. The summed E-state index contributed by atoms with van der Waals surface area (Å²) < 4.78 is 5.28. The summed E-state index contributed by atoms with van der Waals surface area (Å²) in [7, 11) is 0. The van der Waals surface area contributed by atoms with E-state index in [2.05, 4.69) is 4.99 Å². The third-order valence-electron chi connectivity index (χ3n) is 3.26. The average molecular weight is 314 g/mol. The minimum atomic E-state index is -0.471. The Morgan fingerprint density at radius 2 is 1.95 bits per heavy atom. The van der Waals surface area contributed by atoms with Crippen molar-refractivity contribution in [3.8, 4) is 5.75 Å². The lowest BCUT2D eigenvalue weighted by Crippen LogP contribution is -2.11. The van der Waals surface area contributed by atoms with Gasteiger partial charge < -0.3 is 9.52 Å². The molecule has 0 aliphatic heterocycles. The number of nitrogens with zero attached hydrogens (tertiary/aromatic N) is 1. The Morgan fingerprint density at radius 3 is 2.77 bits per heavy atom. The van der Waals surface area contributed by atoms with Crippen LogP contribution in [0.25, 0.3) is 11.0 Å².